The third-order valence-corrected chi connectivity index (χ3v) is 5.42. The molecule has 0 radical (unpaired) electrons. The number of esters is 2. The number of ketones is 1. The van der Waals surface area contributed by atoms with Crippen molar-refractivity contribution < 1.29 is 43.9 Å². The van der Waals surface area contributed by atoms with Crippen LogP contribution in [-0.4, -0.2) is 70.4 Å². The van der Waals surface area contributed by atoms with Crippen LogP contribution in [0.2, 0.25) is 0 Å². The van der Waals surface area contributed by atoms with Gasteiger partial charge in [0.05, 0.1) is 5.92 Å². The first-order chi connectivity index (χ1) is 16.2. The summed E-state index contributed by atoms with van der Waals surface area (Å²) >= 11 is 0. The van der Waals surface area contributed by atoms with Crippen LogP contribution in [0.25, 0.3) is 0 Å². The lowest BCUT2D eigenvalue weighted by molar-refractivity contribution is -0.287. The Morgan fingerprint density at radius 3 is 2.35 bits per heavy atom. The molecule has 180 valence electrons. The van der Waals surface area contributed by atoms with E-state index in [1.807, 2.05) is 0 Å². The molecule has 0 saturated carbocycles. The third kappa shape index (κ3) is 5.57. The zero-order valence-electron chi connectivity index (χ0n) is 18.4. The van der Waals surface area contributed by atoms with Crippen LogP contribution in [0.4, 0.5) is 0 Å². The van der Waals surface area contributed by atoms with Gasteiger partial charge in [0.25, 0.3) is 0 Å². The minimum Gasteiger partial charge on any atom is -0.459 e. The summed E-state index contributed by atoms with van der Waals surface area (Å²) in [5.74, 6) is -2.95. The quantitative estimate of drug-likeness (QED) is 0.294. The van der Waals surface area contributed by atoms with Crippen molar-refractivity contribution in [2.75, 3.05) is 6.61 Å². The highest BCUT2D eigenvalue weighted by molar-refractivity contribution is 6.09. The molecule has 0 bridgehead atoms. The van der Waals surface area contributed by atoms with E-state index in [1.165, 1.54) is 13.0 Å². The van der Waals surface area contributed by atoms with Gasteiger partial charge in [0.1, 0.15) is 24.9 Å². The predicted octanol–water partition coefficient (Wildman–Crippen LogP) is 1.10. The number of carbonyl (C=O) groups is 3. The molecule has 1 heterocycles. The molecule has 9 heteroatoms. The lowest BCUT2D eigenvalue weighted by atomic mass is 9.95. The fourth-order valence-electron chi connectivity index (χ4n) is 3.42. The van der Waals surface area contributed by atoms with E-state index in [9.17, 15) is 29.7 Å². The first-order valence-electron chi connectivity index (χ1n) is 10.6. The Balaban J connectivity index is 1.72. The van der Waals surface area contributed by atoms with Crippen LogP contribution in [-0.2, 0) is 23.8 Å². The molecule has 34 heavy (non-hydrogen) atoms. The number of aliphatic hydroxyl groups is 3. The summed E-state index contributed by atoms with van der Waals surface area (Å²) < 4.78 is 15.3. The van der Waals surface area contributed by atoms with Crippen LogP contribution in [0.15, 0.2) is 67.3 Å². The summed E-state index contributed by atoms with van der Waals surface area (Å²) in [6, 6.07) is 15.1. The average molecular weight is 470 g/mol. The Bertz CT molecular complexity index is 1040. The maximum atomic E-state index is 12.8. The molecule has 3 N–H and O–H groups in total. The maximum absolute atomic E-state index is 12.8. The SMILES string of the molecule is C=CCOC(=O)C1O[C@@H](OC(=O)C(C)c2cccc(C(=O)c3ccccc3)c2)C(O)C(O)[C@@H]1O. The first-order valence-corrected chi connectivity index (χ1v) is 10.6. The Morgan fingerprint density at radius 2 is 1.68 bits per heavy atom. The van der Waals surface area contributed by atoms with Gasteiger partial charge in [0, 0.05) is 11.1 Å². The van der Waals surface area contributed by atoms with E-state index in [4.69, 9.17) is 14.2 Å². The van der Waals surface area contributed by atoms with E-state index in [-0.39, 0.29) is 12.4 Å². The summed E-state index contributed by atoms with van der Waals surface area (Å²) in [4.78, 5) is 37.6. The third-order valence-electron chi connectivity index (χ3n) is 5.42. The van der Waals surface area contributed by atoms with E-state index in [1.54, 1.807) is 54.6 Å². The number of hydrogen-bond acceptors (Lipinski definition) is 9. The largest absolute Gasteiger partial charge is 0.459 e. The van der Waals surface area contributed by atoms with E-state index in [0.717, 1.165) is 0 Å². The molecule has 4 unspecified atom stereocenters. The molecule has 1 aliphatic heterocycles. The van der Waals surface area contributed by atoms with Crippen molar-refractivity contribution in [1.29, 1.82) is 0 Å². The van der Waals surface area contributed by atoms with Crippen LogP contribution in [0.1, 0.15) is 34.3 Å². The van der Waals surface area contributed by atoms with E-state index >= 15 is 0 Å². The summed E-state index contributed by atoms with van der Waals surface area (Å²) in [5, 5.41) is 30.4. The van der Waals surface area contributed by atoms with Crippen LogP contribution in [0.5, 0.6) is 0 Å². The maximum Gasteiger partial charge on any atom is 0.338 e. The Morgan fingerprint density at radius 1 is 1.00 bits per heavy atom. The second-order valence-electron chi connectivity index (χ2n) is 7.79. The minimum atomic E-state index is -1.82. The molecule has 0 aromatic heterocycles. The molecule has 2 aromatic carbocycles. The van der Waals surface area contributed by atoms with Gasteiger partial charge in [-0.3, -0.25) is 9.59 Å². The highest BCUT2D eigenvalue weighted by Crippen LogP contribution is 2.26. The summed E-state index contributed by atoms with van der Waals surface area (Å²) in [5.41, 5.74) is 1.34. The molecule has 1 aliphatic rings. The molecule has 0 aliphatic carbocycles. The van der Waals surface area contributed by atoms with E-state index < -0.39 is 48.6 Å². The topological polar surface area (TPSA) is 140 Å². The zero-order valence-corrected chi connectivity index (χ0v) is 18.4. The molecule has 6 atom stereocenters. The second kappa shape index (κ2) is 11.2. The predicted molar refractivity (Wildman–Crippen MR) is 119 cm³/mol. The fraction of sp³-hybridized carbons (Fsp3) is 0.320. The van der Waals surface area contributed by atoms with Crippen molar-refractivity contribution in [3.05, 3.63) is 83.9 Å². The Labute approximate surface area is 196 Å². The normalized spacial score (nSPS) is 25.1. The fourth-order valence-corrected chi connectivity index (χ4v) is 3.42. The van der Waals surface area contributed by atoms with Gasteiger partial charge >= 0.3 is 11.9 Å². The van der Waals surface area contributed by atoms with Crippen molar-refractivity contribution in [3.8, 4) is 0 Å². The molecule has 2 aromatic rings. The van der Waals surface area contributed by atoms with Gasteiger partial charge in [-0.15, -0.1) is 0 Å². The Kier molecular flexibility index (Phi) is 8.30. The smallest absolute Gasteiger partial charge is 0.338 e. The highest BCUT2D eigenvalue weighted by Gasteiger charge is 2.49. The molecular weight excluding hydrogens is 444 g/mol. The van der Waals surface area contributed by atoms with Gasteiger partial charge in [0.15, 0.2) is 11.9 Å². The van der Waals surface area contributed by atoms with Gasteiger partial charge in [0.2, 0.25) is 6.29 Å². The molecule has 1 saturated heterocycles. The van der Waals surface area contributed by atoms with E-state index in [0.29, 0.717) is 16.7 Å². The van der Waals surface area contributed by atoms with Crippen LogP contribution in [0.3, 0.4) is 0 Å². The number of aliphatic hydroxyl groups excluding tert-OH is 3. The molecule has 0 amide bonds. The van der Waals surface area contributed by atoms with Crippen LogP contribution >= 0.6 is 0 Å². The van der Waals surface area contributed by atoms with Crippen LogP contribution in [0, 0.1) is 0 Å². The molecule has 1 fully saturated rings. The molecule has 3 rings (SSSR count). The lowest BCUT2D eigenvalue weighted by Crippen LogP contribution is -2.61. The minimum absolute atomic E-state index is 0.163. The molecule has 9 nitrogen and oxygen atoms in total. The number of hydrogen-bond donors (Lipinski definition) is 3. The summed E-state index contributed by atoms with van der Waals surface area (Å²) in [6.45, 7) is 4.77. The second-order valence-corrected chi connectivity index (χ2v) is 7.79. The molecular formula is C25H26O9. The Hall–Kier alpha value is -3.37. The number of rotatable bonds is 8. The standard InChI is InChI=1S/C25H26O9/c1-3-12-32-24(31)22-20(28)19(27)21(29)25(33-22)34-23(30)14(2)16-10-7-11-17(13-16)18(26)15-8-5-4-6-9-15/h3-11,13-14,19-22,25,27-29H,1,12H2,2H3/t14?,19?,20-,21?,22?,25-/m0/s1. The summed E-state index contributed by atoms with van der Waals surface area (Å²) in [7, 11) is 0. The van der Waals surface area contributed by atoms with E-state index in [2.05, 4.69) is 6.58 Å². The number of carbonyl (C=O) groups excluding carboxylic acids is 3. The lowest BCUT2D eigenvalue weighted by Gasteiger charge is -2.38. The van der Waals surface area contributed by atoms with Gasteiger partial charge in [-0.25, -0.2) is 4.79 Å². The first kappa shape index (κ1) is 25.3. The highest BCUT2D eigenvalue weighted by atomic mass is 16.7. The van der Waals surface area contributed by atoms with Crippen molar-refractivity contribution in [2.24, 2.45) is 0 Å². The number of ether oxygens (including phenoxy) is 3. The van der Waals surface area contributed by atoms with Gasteiger partial charge in [-0.2, -0.15) is 0 Å². The monoisotopic (exact) mass is 470 g/mol. The average Bonchev–Trinajstić information content (AvgIpc) is 2.87. The zero-order chi connectivity index (χ0) is 24.8. The van der Waals surface area contributed by atoms with Crippen molar-refractivity contribution in [1.82, 2.24) is 0 Å². The van der Waals surface area contributed by atoms with Crippen molar-refractivity contribution >= 4 is 17.7 Å². The van der Waals surface area contributed by atoms with Gasteiger partial charge in [-0.05, 0) is 18.6 Å². The molecule has 0 spiro atoms. The van der Waals surface area contributed by atoms with Crippen molar-refractivity contribution in [2.45, 2.75) is 43.5 Å². The van der Waals surface area contributed by atoms with Gasteiger partial charge in [-0.1, -0.05) is 61.2 Å². The van der Waals surface area contributed by atoms with Gasteiger partial charge < -0.3 is 29.5 Å². The van der Waals surface area contributed by atoms with Crippen LogP contribution < -0.4 is 0 Å². The summed E-state index contributed by atoms with van der Waals surface area (Å²) in [6.07, 6.45) is -7.54. The van der Waals surface area contributed by atoms with Crippen molar-refractivity contribution in [3.63, 3.8) is 0 Å². The number of benzene rings is 2.